The van der Waals surface area contributed by atoms with Crippen LogP contribution < -0.4 is 14.4 Å². The average molecular weight is 597 g/mol. The summed E-state index contributed by atoms with van der Waals surface area (Å²) >= 11 is 6.37. The second-order valence-corrected chi connectivity index (χ2v) is 11.1. The van der Waals surface area contributed by atoms with Crippen molar-refractivity contribution >= 4 is 40.1 Å². The Hall–Kier alpha value is -4.75. The van der Waals surface area contributed by atoms with Crippen LogP contribution in [0.4, 0.5) is 5.69 Å². The van der Waals surface area contributed by atoms with E-state index in [1.54, 1.807) is 7.11 Å². The van der Waals surface area contributed by atoms with Gasteiger partial charge in [0.15, 0.2) is 0 Å². The van der Waals surface area contributed by atoms with Crippen molar-refractivity contribution in [3.8, 4) is 22.6 Å². The number of fused-ring (bicyclic) bond motifs is 1. The van der Waals surface area contributed by atoms with Gasteiger partial charge in [-0.05, 0) is 90.6 Å². The van der Waals surface area contributed by atoms with E-state index in [2.05, 4.69) is 4.98 Å². The molecule has 0 fully saturated rings. The van der Waals surface area contributed by atoms with Crippen LogP contribution in [0.5, 0.6) is 11.5 Å². The van der Waals surface area contributed by atoms with Crippen LogP contribution in [0.1, 0.15) is 48.0 Å². The number of anilines is 1. The molecule has 1 amide bonds. The third-order valence-corrected chi connectivity index (χ3v) is 7.45. The van der Waals surface area contributed by atoms with Crippen molar-refractivity contribution < 1.29 is 24.2 Å². The maximum atomic E-state index is 13.2. The van der Waals surface area contributed by atoms with Gasteiger partial charge in [-0.2, -0.15) is 0 Å². The van der Waals surface area contributed by atoms with Crippen LogP contribution in [0.3, 0.4) is 0 Å². The summed E-state index contributed by atoms with van der Waals surface area (Å²) in [6.07, 6.45) is 0.496. The zero-order valence-electron chi connectivity index (χ0n) is 24.5. The third-order valence-electron chi connectivity index (χ3n) is 7.22. The number of H-pyrrole nitrogens is 1. The van der Waals surface area contributed by atoms with Crippen LogP contribution in [-0.4, -0.2) is 35.2 Å². The quantitative estimate of drug-likeness (QED) is 0.170. The molecule has 8 heteroatoms. The van der Waals surface area contributed by atoms with Gasteiger partial charge in [-0.3, -0.25) is 4.79 Å². The Bertz CT molecular complexity index is 1780. The normalized spacial score (nSPS) is 11.1. The maximum Gasteiger partial charge on any atom is 0.354 e. The summed E-state index contributed by atoms with van der Waals surface area (Å²) in [6, 6.07) is 26.6. The number of hydrogen-bond donors (Lipinski definition) is 2. The minimum absolute atomic E-state index is 0.0423. The fourth-order valence-corrected chi connectivity index (χ4v) is 5.53. The van der Waals surface area contributed by atoms with E-state index in [1.165, 1.54) is 11.8 Å². The number of benzene rings is 4. The van der Waals surface area contributed by atoms with Crippen molar-refractivity contribution in [3.63, 3.8) is 0 Å². The molecule has 0 spiro atoms. The molecule has 0 aliphatic rings. The van der Waals surface area contributed by atoms with Gasteiger partial charge < -0.3 is 24.5 Å². The van der Waals surface area contributed by atoms with E-state index in [9.17, 15) is 14.7 Å². The second-order valence-electron chi connectivity index (χ2n) is 10.6. The van der Waals surface area contributed by atoms with Crippen LogP contribution in [0.15, 0.2) is 84.9 Å². The number of amides is 1. The van der Waals surface area contributed by atoms with Crippen molar-refractivity contribution in [1.82, 2.24) is 4.98 Å². The van der Waals surface area contributed by atoms with E-state index in [4.69, 9.17) is 21.1 Å². The molecule has 0 aliphatic heterocycles. The zero-order valence-corrected chi connectivity index (χ0v) is 25.2. The summed E-state index contributed by atoms with van der Waals surface area (Å²) in [5, 5.41) is 11.6. The zero-order chi connectivity index (χ0) is 30.7. The van der Waals surface area contributed by atoms with Gasteiger partial charge in [0.1, 0.15) is 17.2 Å². The molecule has 0 bridgehead atoms. The van der Waals surface area contributed by atoms with E-state index >= 15 is 0 Å². The molecule has 2 N–H and O–H groups in total. The smallest absolute Gasteiger partial charge is 0.354 e. The van der Waals surface area contributed by atoms with E-state index in [0.717, 1.165) is 33.6 Å². The van der Waals surface area contributed by atoms with Gasteiger partial charge in [0, 0.05) is 22.8 Å². The number of carbonyl (C=O) groups excluding carboxylic acids is 1. The highest BCUT2D eigenvalue weighted by Gasteiger charge is 2.28. The number of nitrogens with one attached hydrogen (secondary N) is 1. The SMILES string of the molecule is COc1ccc(CN(C(C)=O)c2c(C(=O)O)[nH]c3ccc(-c4ccc(OC(C)C)cc4)c(Cc4cccc(Cl)c4)c23)cc1. The molecule has 5 rings (SSSR count). The Morgan fingerprint density at radius 1 is 0.930 bits per heavy atom. The molecule has 0 saturated heterocycles. The lowest BCUT2D eigenvalue weighted by Gasteiger charge is -2.23. The molecule has 43 heavy (non-hydrogen) atoms. The Kier molecular flexibility index (Phi) is 8.73. The lowest BCUT2D eigenvalue weighted by Crippen LogP contribution is -2.29. The van der Waals surface area contributed by atoms with Crippen LogP contribution in [0.2, 0.25) is 5.02 Å². The summed E-state index contributed by atoms with van der Waals surface area (Å²) in [5.41, 5.74) is 5.39. The summed E-state index contributed by atoms with van der Waals surface area (Å²) in [4.78, 5) is 30.5. The van der Waals surface area contributed by atoms with Gasteiger partial charge in [-0.25, -0.2) is 4.79 Å². The number of nitrogens with zero attached hydrogens (tertiary/aromatic N) is 1. The van der Waals surface area contributed by atoms with Gasteiger partial charge in [0.25, 0.3) is 0 Å². The van der Waals surface area contributed by atoms with E-state index < -0.39 is 5.97 Å². The van der Waals surface area contributed by atoms with Gasteiger partial charge in [0.05, 0.1) is 25.4 Å². The van der Waals surface area contributed by atoms with Crippen molar-refractivity contribution in [2.24, 2.45) is 0 Å². The molecule has 0 unspecified atom stereocenters. The largest absolute Gasteiger partial charge is 0.497 e. The summed E-state index contributed by atoms with van der Waals surface area (Å²) in [7, 11) is 1.59. The van der Waals surface area contributed by atoms with Crippen LogP contribution >= 0.6 is 11.6 Å². The number of ether oxygens (including phenoxy) is 2. The Morgan fingerprint density at radius 2 is 1.63 bits per heavy atom. The first kappa shape index (κ1) is 29.7. The van der Waals surface area contributed by atoms with Crippen LogP contribution in [0.25, 0.3) is 22.0 Å². The Morgan fingerprint density at radius 3 is 2.23 bits per heavy atom. The first-order valence-electron chi connectivity index (χ1n) is 14.0. The molecular formula is C35H33ClN2O5. The number of aromatic nitrogens is 1. The minimum atomic E-state index is -1.15. The number of carboxylic acids is 1. The van der Waals surface area contributed by atoms with E-state index in [0.29, 0.717) is 33.8 Å². The molecule has 4 aromatic carbocycles. The highest BCUT2D eigenvalue weighted by Crippen LogP contribution is 2.41. The molecule has 0 atom stereocenters. The number of carboxylic acid groups (broad SMARTS) is 1. The molecule has 7 nitrogen and oxygen atoms in total. The first-order chi connectivity index (χ1) is 20.6. The highest BCUT2D eigenvalue weighted by molar-refractivity contribution is 6.30. The number of carbonyl (C=O) groups is 2. The summed E-state index contributed by atoms with van der Waals surface area (Å²) in [6.45, 7) is 5.58. The fourth-order valence-electron chi connectivity index (χ4n) is 5.32. The van der Waals surface area contributed by atoms with Crippen LogP contribution in [0, 0.1) is 0 Å². The van der Waals surface area contributed by atoms with Gasteiger partial charge >= 0.3 is 5.97 Å². The molecular weight excluding hydrogens is 564 g/mol. The molecule has 220 valence electrons. The Labute approximate surface area is 255 Å². The van der Waals surface area contributed by atoms with Crippen molar-refractivity contribution in [2.75, 3.05) is 12.0 Å². The van der Waals surface area contributed by atoms with Gasteiger partial charge in [0.2, 0.25) is 5.91 Å². The lowest BCUT2D eigenvalue weighted by molar-refractivity contribution is -0.116. The standard InChI is InChI=1S/C35H33ClN2O5/c1-21(2)43-28-14-10-25(11-15-28)29-16-17-31-32(30(29)19-24-6-5-7-26(36)18-24)34(33(37-31)35(40)41)38(22(3)39)20-23-8-12-27(42-4)13-9-23/h5-18,21,37H,19-20H2,1-4H3,(H,40,41). The van der Waals surface area contributed by atoms with Gasteiger partial charge in [-0.1, -0.05) is 54.1 Å². The summed E-state index contributed by atoms with van der Waals surface area (Å²) in [5.74, 6) is 0.00908. The lowest BCUT2D eigenvalue weighted by atomic mass is 9.91. The molecule has 1 aromatic heterocycles. The van der Waals surface area contributed by atoms with Crippen molar-refractivity contribution in [2.45, 2.75) is 39.8 Å². The summed E-state index contributed by atoms with van der Waals surface area (Å²) < 4.78 is 11.1. The number of halogens is 1. The predicted molar refractivity (Wildman–Crippen MR) is 171 cm³/mol. The number of methoxy groups -OCH3 is 1. The first-order valence-corrected chi connectivity index (χ1v) is 14.4. The number of aromatic carboxylic acids is 1. The fraction of sp³-hybridized carbons (Fsp3) is 0.200. The van der Waals surface area contributed by atoms with Crippen molar-refractivity contribution in [1.29, 1.82) is 0 Å². The van der Waals surface area contributed by atoms with Crippen molar-refractivity contribution in [3.05, 3.63) is 112 Å². The molecule has 0 radical (unpaired) electrons. The van der Waals surface area contributed by atoms with Crippen LogP contribution in [-0.2, 0) is 17.8 Å². The molecule has 1 heterocycles. The van der Waals surface area contributed by atoms with E-state index in [1.807, 2.05) is 98.8 Å². The number of rotatable bonds is 10. The monoisotopic (exact) mass is 596 g/mol. The Balaban J connectivity index is 1.75. The topological polar surface area (TPSA) is 91.9 Å². The molecule has 0 aliphatic carbocycles. The molecule has 0 saturated carbocycles. The maximum absolute atomic E-state index is 13.2. The highest BCUT2D eigenvalue weighted by atomic mass is 35.5. The predicted octanol–water partition coefficient (Wildman–Crippen LogP) is 8.13. The minimum Gasteiger partial charge on any atom is -0.497 e. The van der Waals surface area contributed by atoms with Gasteiger partial charge in [-0.15, -0.1) is 0 Å². The molecule has 5 aromatic rings. The third kappa shape index (κ3) is 6.52. The average Bonchev–Trinajstić information content (AvgIpc) is 3.37. The second kappa shape index (κ2) is 12.6. The van der Waals surface area contributed by atoms with E-state index in [-0.39, 0.29) is 24.2 Å². The number of aromatic amines is 1. The number of hydrogen-bond acceptors (Lipinski definition) is 4.